The van der Waals surface area contributed by atoms with Crippen LogP contribution < -0.4 is 10.5 Å². The van der Waals surface area contributed by atoms with E-state index >= 15 is 0 Å². The van der Waals surface area contributed by atoms with Crippen molar-refractivity contribution in [3.8, 4) is 5.88 Å². The number of nitrogens with zero attached hydrogens (tertiary/aromatic N) is 2. The van der Waals surface area contributed by atoms with E-state index in [2.05, 4.69) is 28.8 Å². The van der Waals surface area contributed by atoms with Gasteiger partial charge in [0.2, 0.25) is 5.88 Å². The number of hydrogen-bond donors (Lipinski definition) is 2. The van der Waals surface area contributed by atoms with Crippen LogP contribution in [-0.2, 0) is 12.8 Å². The second-order valence-corrected chi connectivity index (χ2v) is 3.59. The molecule has 3 N–H and O–H groups in total. The van der Waals surface area contributed by atoms with Crippen LogP contribution in [0.1, 0.15) is 25.2 Å². The standard InChI is InChI=1S/C11H16N4O/c1-4-6-7(5-2)14-9-8(13-6)10(12)15-11(9)16-3/h15H,4-5,12H2,1-3H3. The molecule has 2 aromatic rings. The molecule has 0 bridgehead atoms. The number of ether oxygens (including phenoxy) is 1. The first-order valence-corrected chi connectivity index (χ1v) is 5.42. The number of nitrogen functional groups attached to an aromatic ring is 1. The Kier molecular flexibility index (Phi) is 2.68. The van der Waals surface area contributed by atoms with Gasteiger partial charge >= 0.3 is 0 Å². The Bertz CT molecular complexity index is 518. The zero-order chi connectivity index (χ0) is 11.7. The Morgan fingerprint density at radius 3 is 2.19 bits per heavy atom. The van der Waals surface area contributed by atoms with Gasteiger partial charge in [0.15, 0.2) is 5.52 Å². The van der Waals surface area contributed by atoms with Crippen LogP contribution in [-0.4, -0.2) is 22.1 Å². The second kappa shape index (κ2) is 4.00. The highest BCUT2D eigenvalue weighted by Gasteiger charge is 2.14. The highest BCUT2D eigenvalue weighted by atomic mass is 16.5. The van der Waals surface area contributed by atoms with Crippen molar-refractivity contribution in [2.45, 2.75) is 26.7 Å². The van der Waals surface area contributed by atoms with Gasteiger partial charge in [-0.3, -0.25) is 0 Å². The average molecular weight is 220 g/mol. The number of hydrogen-bond acceptors (Lipinski definition) is 4. The zero-order valence-electron chi connectivity index (χ0n) is 9.79. The molecule has 0 aliphatic carbocycles. The van der Waals surface area contributed by atoms with Crippen LogP contribution in [0.3, 0.4) is 0 Å². The number of H-pyrrole nitrogens is 1. The van der Waals surface area contributed by atoms with Crippen molar-refractivity contribution < 1.29 is 4.74 Å². The van der Waals surface area contributed by atoms with Crippen LogP contribution >= 0.6 is 0 Å². The molecule has 0 saturated carbocycles. The summed E-state index contributed by atoms with van der Waals surface area (Å²) in [6.45, 7) is 4.13. The molecule has 86 valence electrons. The molecule has 0 unspecified atom stereocenters. The summed E-state index contributed by atoms with van der Waals surface area (Å²) in [6, 6.07) is 0. The van der Waals surface area contributed by atoms with E-state index in [1.165, 1.54) is 0 Å². The lowest BCUT2D eigenvalue weighted by Crippen LogP contribution is -2.00. The number of nitrogens with one attached hydrogen (secondary N) is 1. The topological polar surface area (TPSA) is 76.8 Å². The van der Waals surface area contributed by atoms with Gasteiger partial charge in [-0.05, 0) is 12.8 Å². The molecule has 0 aliphatic heterocycles. The average Bonchev–Trinajstić information content (AvgIpc) is 2.63. The van der Waals surface area contributed by atoms with Gasteiger partial charge < -0.3 is 15.5 Å². The van der Waals surface area contributed by atoms with Crippen LogP contribution in [0.25, 0.3) is 11.0 Å². The molecule has 0 spiro atoms. The zero-order valence-corrected chi connectivity index (χ0v) is 9.79. The van der Waals surface area contributed by atoms with E-state index in [0.29, 0.717) is 22.7 Å². The molecule has 2 rings (SSSR count). The lowest BCUT2D eigenvalue weighted by atomic mass is 10.2. The van der Waals surface area contributed by atoms with Gasteiger partial charge in [0.25, 0.3) is 0 Å². The van der Waals surface area contributed by atoms with E-state index in [1.807, 2.05) is 0 Å². The van der Waals surface area contributed by atoms with Crippen LogP contribution in [0.5, 0.6) is 5.88 Å². The predicted octanol–water partition coefficient (Wildman–Crippen LogP) is 1.67. The minimum absolute atomic E-state index is 0.511. The van der Waals surface area contributed by atoms with Crippen molar-refractivity contribution in [2.24, 2.45) is 0 Å². The maximum Gasteiger partial charge on any atom is 0.221 e. The molecule has 2 heterocycles. The van der Waals surface area contributed by atoms with E-state index in [1.54, 1.807) is 7.11 Å². The van der Waals surface area contributed by atoms with Crippen molar-refractivity contribution in [1.29, 1.82) is 0 Å². The third-order valence-corrected chi connectivity index (χ3v) is 2.64. The van der Waals surface area contributed by atoms with Gasteiger partial charge in [-0.1, -0.05) is 13.8 Å². The molecule has 0 fully saturated rings. The van der Waals surface area contributed by atoms with Crippen molar-refractivity contribution in [3.05, 3.63) is 11.4 Å². The molecular formula is C11H16N4O. The van der Waals surface area contributed by atoms with Gasteiger partial charge in [0.05, 0.1) is 18.5 Å². The number of fused-ring (bicyclic) bond motifs is 1. The van der Waals surface area contributed by atoms with Gasteiger partial charge in [0.1, 0.15) is 11.3 Å². The summed E-state index contributed by atoms with van der Waals surface area (Å²) in [5.41, 5.74) is 9.26. The predicted molar refractivity (Wildman–Crippen MR) is 63.6 cm³/mol. The number of aromatic nitrogens is 3. The fourth-order valence-electron chi connectivity index (χ4n) is 1.81. The third-order valence-electron chi connectivity index (χ3n) is 2.64. The molecule has 0 saturated heterocycles. The highest BCUT2D eigenvalue weighted by molar-refractivity contribution is 5.90. The highest BCUT2D eigenvalue weighted by Crippen LogP contribution is 2.27. The largest absolute Gasteiger partial charge is 0.481 e. The van der Waals surface area contributed by atoms with E-state index < -0.39 is 0 Å². The Labute approximate surface area is 94.0 Å². The molecule has 16 heavy (non-hydrogen) atoms. The first-order chi connectivity index (χ1) is 7.71. The van der Waals surface area contributed by atoms with Crippen molar-refractivity contribution >= 4 is 16.9 Å². The summed E-state index contributed by atoms with van der Waals surface area (Å²) in [5.74, 6) is 1.09. The molecule has 2 aromatic heterocycles. The number of rotatable bonds is 3. The molecule has 0 atom stereocenters. The maximum absolute atomic E-state index is 5.83. The Hall–Kier alpha value is -1.78. The van der Waals surface area contributed by atoms with Crippen LogP contribution in [0.2, 0.25) is 0 Å². The maximum atomic E-state index is 5.83. The fourth-order valence-corrected chi connectivity index (χ4v) is 1.81. The summed E-state index contributed by atoms with van der Waals surface area (Å²) < 4.78 is 5.18. The summed E-state index contributed by atoms with van der Waals surface area (Å²) in [7, 11) is 1.59. The Morgan fingerprint density at radius 2 is 1.69 bits per heavy atom. The van der Waals surface area contributed by atoms with Crippen LogP contribution in [0.15, 0.2) is 0 Å². The summed E-state index contributed by atoms with van der Waals surface area (Å²) in [5, 5.41) is 0. The van der Waals surface area contributed by atoms with E-state index in [9.17, 15) is 0 Å². The first kappa shape index (κ1) is 10.7. The fraction of sp³-hybridized carbons (Fsp3) is 0.455. The van der Waals surface area contributed by atoms with Crippen molar-refractivity contribution in [1.82, 2.24) is 15.0 Å². The molecule has 5 nitrogen and oxygen atoms in total. The Morgan fingerprint density at radius 1 is 1.12 bits per heavy atom. The quantitative estimate of drug-likeness (QED) is 0.825. The van der Waals surface area contributed by atoms with Gasteiger partial charge in [-0.25, -0.2) is 9.97 Å². The summed E-state index contributed by atoms with van der Waals surface area (Å²) in [6.07, 6.45) is 1.72. The lowest BCUT2D eigenvalue weighted by Gasteiger charge is -2.04. The SMILES string of the molecule is CCc1nc2c(N)[nH]c(OC)c2nc1CC. The smallest absolute Gasteiger partial charge is 0.221 e. The number of methoxy groups -OCH3 is 1. The van der Waals surface area contributed by atoms with E-state index in [0.717, 1.165) is 24.2 Å². The van der Waals surface area contributed by atoms with E-state index in [4.69, 9.17) is 10.5 Å². The van der Waals surface area contributed by atoms with Crippen LogP contribution in [0, 0.1) is 0 Å². The molecule has 0 amide bonds. The molecule has 0 radical (unpaired) electrons. The monoisotopic (exact) mass is 220 g/mol. The first-order valence-electron chi connectivity index (χ1n) is 5.42. The van der Waals surface area contributed by atoms with Crippen LogP contribution in [0.4, 0.5) is 5.82 Å². The molecule has 0 aromatic carbocycles. The minimum Gasteiger partial charge on any atom is -0.481 e. The minimum atomic E-state index is 0.511. The van der Waals surface area contributed by atoms with Crippen molar-refractivity contribution in [3.63, 3.8) is 0 Å². The van der Waals surface area contributed by atoms with Gasteiger partial charge in [-0.2, -0.15) is 0 Å². The Balaban J connectivity index is 2.74. The molecule has 5 heteroatoms. The number of aromatic amines is 1. The normalized spacial score (nSPS) is 10.9. The summed E-state index contributed by atoms with van der Waals surface area (Å²) >= 11 is 0. The lowest BCUT2D eigenvalue weighted by molar-refractivity contribution is 0.404. The van der Waals surface area contributed by atoms with E-state index in [-0.39, 0.29) is 0 Å². The summed E-state index contributed by atoms with van der Waals surface area (Å²) in [4.78, 5) is 12.0. The third kappa shape index (κ3) is 1.48. The number of nitrogens with two attached hydrogens (primary N) is 1. The van der Waals surface area contributed by atoms with Crippen molar-refractivity contribution in [2.75, 3.05) is 12.8 Å². The number of aryl methyl sites for hydroxylation is 2. The molecular weight excluding hydrogens is 204 g/mol. The number of anilines is 1. The van der Waals surface area contributed by atoms with Gasteiger partial charge in [0, 0.05) is 0 Å². The second-order valence-electron chi connectivity index (χ2n) is 3.59. The molecule has 0 aliphatic rings. The van der Waals surface area contributed by atoms with Gasteiger partial charge in [-0.15, -0.1) is 0 Å².